The molecule has 0 fully saturated rings. The van der Waals surface area contributed by atoms with Crippen molar-refractivity contribution in [1.29, 1.82) is 0 Å². The normalized spacial score (nSPS) is 10.4. The molecule has 2 nitrogen and oxygen atoms in total. The molecule has 0 unspecified atom stereocenters. The Kier molecular flexibility index (Phi) is 4.09. The highest BCUT2D eigenvalue weighted by Crippen LogP contribution is 2.28. The summed E-state index contributed by atoms with van der Waals surface area (Å²) in [5.41, 5.74) is 2.11. The van der Waals surface area contributed by atoms with Gasteiger partial charge in [0, 0.05) is 10.6 Å². The molecule has 0 aliphatic rings. The van der Waals surface area contributed by atoms with E-state index in [-0.39, 0.29) is 11.6 Å². The van der Waals surface area contributed by atoms with Gasteiger partial charge in [-0.05, 0) is 55.3 Å². The number of hydrogen-bond acceptors (Lipinski definition) is 2. The third-order valence-corrected chi connectivity index (χ3v) is 3.37. The molecular formula is C16H14ClFO2. The van der Waals surface area contributed by atoms with Crippen molar-refractivity contribution in [3.8, 4) is 5.75 Å². The van der Waals surface area contributed by atoms with Crippen LogP contribution < -0.4 is 4.74 Å². The standard InChI is InChI=1S/C16H14ClFO2/c1-9-6-12(18)7-10(2)15(9)16(19)13-5-4-11(17)8-14(13)20-3/h4-8H,1-3H3. The molecule has 0 aromatic heterocycles. The van der Waals surface area contributed by atoms with Gasteiger partial charge in [-0.15, -0.1) is 0 Å². The van der Waals surface area contributed by atoms with Crippen LogP contribution in [0.5, 0.6) is 5.75 Å². The predicted octanol–water partition coefficient (Wildman–Crippen LogP) is 4.34. The topological polar surface area (TPSA) is 26.3 Å². The van der Waals surface area contributed by atoms with Gasteiger partial charge >= 0.3 is 0 Å². The lowest BCUT2D eigenvalue weighted by atomic mass is 9.94. The maximum absolute atomic E-state index is 13.3. The summed E-state index contributed by atoms with van der Waals surface area (Å²) in [6.07, 6.45) is 0. The molecule has 0 atom stereocenters. The van der Waals surface area contributed by atoms with E-state index in [0.717, 1.165) is 0 Å². The maximum Gasteiger partial charge on any atom is 0.197 e. The first-order valence-electron chi connectivity index (χ1n) is 6.09. The predicted molar refractivity (Wildman–Crippen MR) is 77.3 cm³/mol. The number of ketones is 1. The number of rotatable bonds is 3. The minimum absolute atomic E-state index is 0.200. The highest BCUT2D eigenvalue weighted by atomic mass is 35.5. The first kappa shape index (κ1) is 14.5. The van der Waals surface area contributed by atoms with E-state index in [1.54, 1.807) is 32.0 Å². The third kappa shape index (κ3) is 2.68. The van der Waals surface area contributed by atoms with Gasteiger partial charge in [-0.25, -0.2) is 4.39 Å². The lowest BCUT2D eigenvalue weighted by Gasteiger charge is -2.12. The van der Waals surface area contributed by atoms with E-state index in [0.29, 0.717) is 33.0 Å². The van der Waals surface area contributed by atoms with Gasteiger partial charge in [-0.2, -0.15) is 0 Å². The van der Waals surface area contributed by atoms with E-state index < -0.39 is 0 Å². The van der Waals surface area contributed by atoms with E-state index in [2.05, 4.69) is 0 Å². The van der Waals surface area contributed by atoms with Crippen molar-refractivity contribution in [1.82, 2.24) is 0 Å². The number of methoxy groups -OCH3 is 1. The average Bonchev–Trinajstić information content (AvgIpc) is 2.37. The number of carbonyl (C=O) groups is 1. The molecule has 0 bridgehead atoms. The van der Waals surface area contributed by atoms with Crippen molar-refractivity contribution in [3.05, 3.63) is 63.4 Å². The molecule has 0 saturated carbocycles. The van der Waals surface area contributed by atoms with Gasteiger partial charge in [0.15, 0.2) is 5.78 Å². The number of halogens is 2. The second kappa shape index (κ2) is 5.63. The fraction of sp³-hybridized carbons (Fsp3) is 0.188. The molecule has 20 heavy (non-hydrogen) atoms. The zero-order chi connectivity index (χ0) is 14.9. The maximum atomic E-state index is 13.3. The van der Waals surface area contributed by atoms with Crippen LogP contribution >= 0.6 is 11.6 Å². The zero-order valence-electron chi connectivity index (χ0n) is 11.5. The summed E-state index contributed by atoms with van der Waals surface area (Å²) < 4.78 is 18.5. The Morgan fingerprint density at radius 3 is 2.30 bits per heavy atom. The molecule has 0 saturated heterocycles. The van der Waals surface area contributed by atoms with Gasteiger partial charge < -0.3 is 4.74 Å². The molecule has 4 heteroatoms. The van der Waals surface area contributed by atoms with Crippen LogP contribution in [0.4, 0.5) is 4.39 Å². The first-order valence-corrected chi connectivity index (χ1v) is 6.47. The monoisotopic (exact) mass is 292 g/mol. The summed E-state index contributed by atoms with van der Waals surface area (Å²) in [6.45, 7) is 3.43. The van der Waals surface area contributed by atoms with E-state index in [4.69, 9.17) is 16.3 Å². The number of hydrogen-bond donors (Lipinski definition) is 0. The van der Waals surface area contributed by atoms with Crippen molar-refractivity contribution >= 4 is 17.4 Å². The number of carbonyl (C=O) groups excluding carboxylic acids is 1. The second-order valence-corrected chi connectivity index (χ2v) is 5.02. The van der Waals surface area contributed by atoms with Gasteiger partial charge in [0.25, 0.3) is 0 Å². The largest absolute Gasteiger partial charge is 0.496 e. The van der Waals surface area contributed by atoms with E-state index >= 15 is 0 Å². The summed E-state index contributed by atoms with van der Waals surface area (Å²) >= 11 is 5.89. The van der Waals surface area contributed by atoms with Gasteiger partial charge in [0.05, 0.1) is 12.7 Å². The van der Waals surface area contributed by atoms with Crippen LogP contribution in [0.2, 0.25) is 5.02 Å². The smallest absolute Gasteiger partial charge is 0.197 e. The summed E-state index contributed by atoms with van der Waals surface area (Å²) in [5, 5.41) is 0.492. The minimum Gasteiger partial charge on any atom is -0.496 e. The molecule has 0 spiro atoms. The molecule has 0 aliphatic carbocycles. The second-order valence-electron chi connectivity index (χ2n) is 4.59. The fourth-order valence-corrected chi connectivity index (χ4v) is 2.42. The van der Waals surface area contributed by atoms with Gasteiger partial charge in [0.2, 0.25) is 0 Å². The summed E-state index contributed by atoms with van der Waals surface area (Å²) in [4.78, 5) is 12.6. The number of benzene rings is 2. The van der Waals surface area contributed by atoms with Crippen LogP contribution in [0.3, 0.4) is 0 Å². The van der Waals surface area contributed by atoms with Crippen LogP contribution in [-0.2, 0) is 0 Å². The highest BCUT2D eigenvalue weighted by molar-refractivity contribution is 6.31. The molecule has 2 rings (SSSR count). The molecule has 0 radical (unpaired) electrons. The van der Waals surface area contributed by atoms with Crippen molar-refractivity contribution < 1.29 is 13.9 Å². The number of aryl methyl sites for hydroxylation is 2. The Labute approximate surface area is 122 Å². The highest BCUT2D eigenvalue weighted by Gasteiger charge is 2.19. The average molecular weight is 293 g/mol. The molecule has 0 heterocycles. The minimum atomic E-state index is -0.348. The van der Waals surface area contributed by atoms with Crippen molar-refractivity contribution in [3.63, 3.8) is 0 Å². The lowest BCUT2D eigenvalue weighted by molar-refractivity contribution is 0.103. The number of ether oxygens (including phenoxy) is 1. The molecule has 2 aromatic rings. The van der Waals surface area contributed by atoms with Crippen LogP contribution in [-0.4, -0.2) is 12.9 Å². The Hall–Kier alpha value is -1.87. The molecule has 0 amide bonds. The Morgan fingerprint density at radius 2 is 1.75 bits per heavy atom. The molecule has 0 aliphatic heterocycles. The molecule has 0 N–H and O–H groups in total. The Morgan fingerprint density at radius 1 is 1.15 bits per heavy atom. The van der Waals surface area contributed by atoms with Crippen LogP contribution in [0.15, 0.2) is 30.3 Å². The van der Waals surface area contributed by atoms with Crippen LogP contribution in [0, 0.1) is 19.7 Å². The molecule has 2 aromatic carbocycles. The van der Waals surface area contributed by atoms with Crippen LogP contribution in [0.1, 0.15) is 27.0 Å². The summed E-state index contributed by atoms with van der Waals surface area (Å²) in [5.74, 6) is -0.140. The Balaban J connectivity index is 2.58. The third-order valence-electron chi connectivity index (χ3n) is 3.13. The van der Waals surface area contributed by atoms with E-state index in [1.807, 2.05) is 0 Å². The van der Waals surface area contributed by atoms with Gasteiger partial charge in [-0.1, -0.05) is 11.6 Å². The summed E-state index contributed by atoms with van der Waals surface area (Å²) in [6, 6.07) is 7.53. The summed E-state index contributed by atoms with van der Waals surface area (Å²) in [7, 11) is 1.48. The van der Waals surface area contributed by atoms with Crippen molar-refractivity contribution in [2.75, 3.05) is 7.11 Å². The van der Waals surface area contributed by atoms with E-state index in [9.17, 15) is 9.18 Å². The van der Waals surface area contributed by atoms with Crippen molar-refractivity contribution in [2.24, 2.45) is 0 Å². The SMILES string of the molecule is COc1cc(Cl)ccc1C(=O)c1c(C)cc(F)cc1C. The fourth-order valence-electron chi connectivity index (χ4n) is 2.26. The first-order chi connectivity index (χ1) is 9.43. The molecular weight excluding hydrogens is 279 g/mol. The van der Waals surface area contributed by atoms with E-state index in [1.165, 1.54) is 19.2 Å². The quantitative estimate of drug-likeness (QED) is 0.787. The van der Waals surface area contributed by atoms with Crippen LogP contribution in [0.25, 0.3) is 0 Å². The Bertz CT molecular complexity index is 657. The van der Waals surface area contributed by atoms with Gasteiger partial charge in [0.1, 0.15) is 11.6 Å². The van der Waals surface area contributed by atoms with Gasteiger partial charge in [-0.3, -0.25) is 4.79 Å². The lowest BCUT2D eigenvalue weighted by Crippen LogP contribution is -2.08. The van der Waals surface area contributed by atoms with Crippen molar-refractivity contribution in [2.45, 2.75) is 13.8 Å². The molecule has 104 valence electrons. The zero-order valence-corrected chi connectivity index (χ0v) is 12.2.